The topological polar surface area (TPSA) is 29.9 Å². The Morgan fingerprint density at radius 1 is 1.38 bits per heavy atom. The normalized spacial score (nSPS) is 18.6. The Labute approximate surface area is 98.3 Å². The average molecular weight is 221 g/mol. The standard InChI is InChI=1S/C13H23N3/c1-9(2)14-13-15-10(3)8-16(13)11(4)12-6-5-7-12/h8-9,11-12H,5-7H2,1-4H3,(H,14,15). The van der Waals surface area contributed by atoms with Crippen LogP contribution in [0.2, 0.25) is 0 Å². The molecule has 16 heavy (non-hydrogen) atoms. The maximum Gasteiger partial charge on any atom is 0.203 e. The predicted octanol–water partition coefficient (Wildman–Crippen LogP) is 3.37. The van der Waals surface area contributed by atoms with Gasteiger partial charge in [0.15, 0.2) is 0 Å². The van der Waals surface area contributed by atoms with E-state index in [1.807, 2.05) is 0 Å². The molecule has 0 amide bonds. The van der Waals surface area contributed by atoms with Crippen molar-refractivity contribution in [1.29, 1.82) is 0 Å². The zero-order valence-corrected chi connectivity index (χ0v) is 10.8. The summed E-state index contributed by atoms with van der Waals surface area (Å²) in [5.74, 6) is 1.88. The third-order valence-corrected chi connectivity index (χ3v) is 3.54. The molecule has 3 heteroatoms. The lowest BCUT2D eigenvalue weighted by Crippen LogP contribution is -2.24. The lowest BCUT2D eigenvalue weighted by Gasteiger charge is -2.33. The Balaban J connectivity index is 2.17. The molecule has 0 radical (unpaired) electrons. The van der Waals surface area contributed by atoms with Crippen LogP contribution in [0.15, 0.2) is 6.20 Å². The Morgan fingerprint density at radius 2 is 2.06 bits per heavy atom. The van der Waals surface area contributed by atoms with Gasteiger partial charge in [-0.2, -0.15) is 0 Å². The van der Waals surface area contributed by atoms with Gasteiger partial charge in [0.1, 0.15) is 0 Å². The fraction of sp³-hybridized carbons (Fsp3) is 0.769. The van der Waals surface area contributed by atoms with Crippen molar-refractivity contribution in [2.45, 2.75) is 59.0 Å². The molecule has 1 saturated carbocycles. The van der Waals surface area contributed by atoms with Crippen molar-refractivity contribution in [2.24, 2.45) is 5.92 Å². The molecule has 0 aliphatic heterocycles. The first-order valence-electron chi connectivity index (χ1n) is 6.40. The zero-order valence-electron chi connectivity index (χ0n) is 10.8. The molecule has 1 aromatic rings. The summed E-state index contributed by atoms with van der Waals surface area (Å²) in [5.41, 5.74) is 1.11. The van der Waals surface area contributed by atoms with Crippen molar-refractivity contribution >= 4 is 5.95 Å². The molecule has 0 saturated heterocycles. The smallest absolute Gasteiger partial charge is 0.203 e. The van der Waals surface area contributed by atoms with E-state index in [2.05, 4.69) is 48.8 Å². The SMILES string of the molecule is Cc1cn(C(C)C2CCC2)c(NC(C)C)n1. The van der Waals surface area contributed by atoms with Gasteiger partial charge in [-0.1, -0.05) is 6.42 Å². The number of aryl methyl sites for hydroxylation is 1. The van der Waals surface area contributed by atoms with Gasteiger partial charge in [-0.25, -0.2) is 4.98 Å². The molecule has 0 spiro atoms. The molecule has 1 aliphatic rings. The second kappa shape index (κ2) is 4.48. The number of rotatable bonds is 4. The number of nitrogens with one attached hydrogen (secondary N) is 1. The van der Waals surface area contributed by atoms with Gasteiger partial charge in [0.2, 0.25) is 5.95 Å². The van der Waals surface area contributed by atoms with E-state index in [0.717, 1.165) is 17.6 Å². The van der Waals surface area contributed by atoms with Crippen molar-refractivity contribution in [3.05, 3.63) is 11.9 Å². The van der Waals surface area contributed by atoms with E-state index in [1.165, 1.54) is 19.3 Å². The van der Waals surface area contributed by atoms with E-state index >= 15 is 0 Å². The van der Waals surface area contributed by atoms with Gasteiger partial charge < -0.3 is 9.88 Å². The third kappa shape index (κ3) is 2.23. The van der Waals surface area contributed by atoms with Crippen LogP contribution in [0.25, 0.3) is 0 Å². The van der Waals surface area contributed by atoms with Gasteiger partial charge in [0.25, 0.3) is 0 Å². The van der Waals surface area contributed by atoms with Gasteiger partial charge in [-0.05, 0) is 46.5 Å². The average Bonchev–Trinajstić information content (AvgIpc) is 2.42. The predicted molar refractivity (Wildman–Crippen MR) is 67.8 cm³/mol. The number of nitrogens with zero attached hydrogens (tertiary/aromatic N) is 2. The van der Waals surface area contributed by atoms with Crippen LogP contribution in [0.5, 0.6) is 0 Å². The van der Waals surface area contributed by atoms with Gasteiger partial charge in [0, 0.05) is 18.3 Å². The first kappa shape index (κ1) is 11.5. The summed E-state index contributed by atoms with van der Waals surface area (Å²) in [4.78, 5) is 4.56. The first-order valence-corrected chi connectivity index (χ1v) is 6.40. The fourth-order valence-corrected chi connectivity index (χ4v) is 2.34. The molecule has 1 aliphatic carbocycles. The molecule has 0 bridgehead atoms. The Hall–Kier alpha value is -0.990. The van der Waals surface area contributed by atoms with Gasteiger partial charge in [-0.3, -0.25) is 0 Å². The Bertz CT molecular complexity index is 350. The van der Waals surface area contributed by atoms with Crippen molar-refractivity contribution in [1.82, 2.24) is 9.55 Å². The number of anilines is 1. The van der Waals surface area contributed by atoms with Gasteiger partial charge >= 0.3 is 0 Å². The van der Waals surface area contributed by atoms with E-state index < -0.39 is 0 Å². The van der Waals surface area contributed by atoms with E-state index in [-0.39, 0.29) is 0 Å². The largest absolute Gasteiger partial charge is 0.353 e. The summed E-state index contributed by atoms with van der Waals surface area (Å²) in [5, 5.41) is 3.43. The molecule has 1 N–H and O–H groups in total. The van der Waals surface area contributed by atoms with Crippen molar-refractivity contribution in [3.8, 4) is 0 Å². The number of hydrogen-bond donors (Lipinski definition) is 1. The molecule has 1 atom stereocenters. The van der Waals surface area contributed by atoms with Gasteiger partial charge in [0.05, 0.1) is 5.69 Å². The summed E-state index contributed by atoms with van der Waals surface area (Å²) in [7, 11) is 0. The zero-order chi connectivity index (χ0) is 11.7. The molecule has 1 fully saturated rings. The summed E-state index contributed by atoms with van der Waals surface area (Å²) in [6.45, 7) is 8.69. The number of aromatic nitrogens is 2. The molecule has 1 unspecified atom stereocenters. The highest BCUT2D eigenvalue weighted by Crippen LogP contribution is 2.37. The molecule has 1 heterocycles. The summed E-state index contributed by atoms with van der Waals surface area (Å²) < 4.78 is 2.32. The minimum absolute atomic E-state index is 0.439. The lowest BCUT2D eigenvalue weighted by molar-refractivity contribution is 0.224. The van der Waals surface area contributed by atoms with Crippen LogP contribution in [-0.2, 0) is 0 Å². The van der Waals surface area contributed by atoms with Crippen molar-refractivity contribution < 1.29 is 0 Å². The van der Waals surface area contributed by atoms with Gasteiger partial charge in [-0.15, -0.1) is 0 Å². The van der Waals surface area contributed by atoms with Crippen LogP contribution in [0.4, 0.5) is 5.95 Å². The summed E-state index contributed by atoms with van der Waals surface area (Å²) in [6.07, 6.45) is 6.32. The molecule has 3 nitrogen and oxygen atoms in total. The van der Waals surface area contributed by atoms with E-state index in [4.69, 9.17) is 0 Å². The molecule has 2 rings (SSSR count). The molecular weight excluding hydrogens is 198 g/mol. The highest BCUT2D eigenvalue weighted by molar-refractivity contribution is 5.30. The number of imidazole rings is 1. The van der Waals surface area contributed by atoms with E-state index in [9.17, 15) is 0 Å². The van der Waals surface area contributed by atoms with E-state index in [1.54, 1.807) is 0 Å². The van der Waals surface area contributed by atoms with Crippen LogP contribution in [0, 0.1) is 12.8 Å². The highest BCUT2D eigenvalue weighted by atomic mass is 15.2. The lowest BCUT2D eigenvalue weighted by atomic mass is 9.80. The molecular formula is C13H23N3. The van der Waals surface area contributed by atoms with Crippen LogP contribution < -0.4 is 5.32 Å². The fourth-order valence-electron chi connectivity index (χ4n) is 2.34. The summed E-state index contributed by atoms with van der Waals surface area (Å²) in [6, 6.07) is 1.02. The monoisotopic (exact) mass is 221 g/mol. The van der Waals surface area contributed by atoms with Crippen LogP contribution >= 0.6 is 0 Å². The quantitative estimate of drug-likeness (QED) is 0.844. The number of hydrogen-bond acceptors (Lipinski definition) is 2. The van der Waals surface area contributed by atoms with E-state index in [0.29, 0.717) is 12.1 Å². The minimum atomic E-state index is 0.439. The molecule has 0 aromatic carbocycles. The molecule has 1 aromatic heterocycles. The second-order valence-electron chi connectivity index (χ2n) is 5.34. The van der Waals surface area contributed by atoms with Crippen LogP contribution in [-0.4, -0.2) is 15.6 Å². The van der Waals surface area contributed by atoms with Crippen LogP contribution in [0.1, 0.15) is 51.8 Å². The maximum atomic E-state index is 4.56. The Kier molecular flexibility index (Phi) is 3.22. The van der Waals surface area contributed by atoms with Crippen molar-refractivity contribution in [2.75, 3.05) is 5.32 Å². The minimum Gasteiger partial charge on any atom is -0.353 e. The molecule has 90 valence electrons. The Morgan fingerprint density at radius 3 is 2.56 bits per heavy atom. The first-order chi connectivity index (χ1) is 7.58. The summed E-state index contributed by atoms with van der Waals surface area (Å²) >= 11 is 0. The van der Waals surface area contributed by atoms with Crippen LogP contribution in [0.3, 0.4) is 0 Å². The maximum absolute atomic E-state index is 4.56. The van der Waals surface area contributed by atoms with Crippen molar-refractivity contribution in [3.63, 3.8) is 0 Å². The highest BCUT2D eigenvalue weighted by Gasteiger charge is 2.26. The second-order valence-corrected chi connectivity index (χ2v) is 5.34. The third-order valence-electron chi connectivity index (χ3n) is 3.54.